The molecule has 0 radical (unpaired) electrons. The van der Waals surface area contributed by atoms with Crippen LogP contribution < -0.4 is 10.4 Å². The smallest absolute Gasteiger partial charge is 0.0687 e. The molecule has 0 atom stereocenters. The molecule has 108 valence electrons. The summed E-state index contributed by atoms with van der Waals surface area (Å²) in [7, 11) is 2.21. The van der Waals surface area contributed by atoms with Crippen molar-refractivity contribution in [3.8, 4) is 0 Å². The molecule has 4 rings (SSSR count). The molecule has 0 amide bonds. The third-order valence-electron chi connectivity index (χ3n) is 4.62. The van der Waals surface area contributed by atoms with Crippen LogP contribution in [-0.4, -0.2) is 47.6 Å². The van der Waals surface area contributed by atoms with E-state index in [9.17, 15) is 0 Å². The Kier molecular flexibility index (Phi) is 3.08. The minimum Gasteiger partial charge on any atom is -0.367 e. The van der Waals surface area contributed by atoms with E-state index in [1.807, 2.05) is 0 Å². The van der Waals surface area contributed by atoms with Crippen LogP contribution >= 0.6 is 0 Å². The lowest BCUT2D eigenvalue weighted by atomic mass is 10.1. The van der Waals surface area contributed by atoms with Gasteiger partial charge in [0.05, 0.1) is 11.4 Å². The first-order chi connectivity index (χ1) is 10.3. The van der Waals surface area contributed by atoms with Crippen molar-refractivity contribution in [3.05, 3.63) is 58.7 Å². The SMILES string of the molecule is CN1CCN(C2=c3ccccc3=CCn3cccc32)CC1. The Labute approximate surface area is 125 Å². The second-order valence-electron chi connectivity index (χ2n) is 5.98. The van der Waals surface area contributed by atoms with Gasteiger partial charge in [-0.05, 0) is 24.4 Å². The molecule has 1 aromatic carbocycles. The first-order valence-corrected chi connectivity index (χ1v) is 7.71. The number of rotatable bonds is 1. The zero-order valence-corrected chi connectivity index (χ0v) is 12.5. The summed E-state index contributed by atoms with van der Waals surface area (Å²) in [4.78, 5) is 4.97. The molecule has 0 unspecified atom stereocenters. The van der Waals surface area contributed by atoms with Gasteiger partial charge in [-0.2, -0.15) is 0 Å². The maximum atomic E-state index is 2.56. The number of piperazine rings is 1. The minimum atomic E-state index is 0.955. The highest BCUT2D eigenvalue weighted by Gasteiger charge is 2.21. The average Bonchev–Trinajstić information content (AvgIpc) is 2.91. The second-order valence-corrected chi connectivity index (χ2v) is 5.98. The summed E-state index contributed by atoms with van der Waals surface area (Å²) in [6, 6.07) is 13.2. The molecular formula is C18H21N3. The fourth-order valence-electron chi connectivity index (χ4n) is 3.38. The Morgan fingerprint density at radius 2 is 1.71 bits per heavy atom. The van der Waals surface area contributed by atoms with Gasteiger partial charge in [-0.15, -0.1) is 0 Å². The minimum absolute atomic E-state index is 0.955. The lowest BCUT2D eigenvalue weighted by Gasteiger charge is -2.35. The van der Waals surface area contributed by atoms with Crippen molar-refractivity contribution in [2.24, 2.45) is 0 Å². The van der Waals surface area contributed by atoms with Gasteiger partial charge in [-0.3, -0.25) is 0 Å². The van der Waals surface area contributed by atoms with E-state index in [4.69, 9.17) is 0 Å². The molecule has 1 aromatic heterocycles. The van der Waals surface area contributed by atoms with Crippen molar-refractivity contribution in [2.45, 2.75) is 6.54 Å². The molecule has 2 aliphatic heterocycles. The lowest BCUT2D eigenvalue weighted by molar-refractivity contribution is 0.206. The quantitative estimate of drug-likeness (QED) is 0.761. The van der Waals surface area contributed by atoms with E-state index < -0.39 is 0 Å². The van der Waals surface area contributed by atoms with Crippen molar-refractivity contribution in [2.75, 3.05) is 33.2 Å². The standard InChI is InChI=1S/C18H21N3/c1-19-11-13-21(14-12-19)18-16-6-3-2-5-15(16)8-10-20-9-4-7-17(18)20/h2-9H,10-14H2,1H3. The third kappa shape index (κ3) is 2.18. The normalized spacial score (nSPS) is 18.7. The van der Waals surface area contributed by atoms with Crippen LogP contribution in [0.1, 0.15) is 5.69 Å². The largest absolute Gasteiger partial charge is 0.367 e. The molecule has 2 aromatic rings. The summed E-state index contributed by atoms with van der Waals surface area (Å²) >= 11 is 0. The van der Waals surface area contributed by atoms with E-state index in [1.165, 1.54) is 21.8 Å². The topological polar surface area (TPSA) is 11.4 Å². The molecule has 1 fully saturated rings. The van der Waals surface area contributed by atoms with Crippen LogP contribution in [0.3, 0.4) is 0 Å². The van der Waals surface area contributed by atoms with Gasteiger partial charge in [-0.25, -0.2) is 0 Å². The van der Waals surface area contributed by atoms with Gasteiger partial charge in [0.2, 0.25) is 0 Å². The Hall–Kier alpha value is -2.00. The van der Waals surface area contributed by atoms with Crippen LogP contribution in [0.25, 0.3) is 11.8 Å². The summed E-state index contributed by atoms with van der Waals surface area (Å²) in [5.41, 5.74) is 2.75. The summed E-state index contributed by atoms with van der Waals surface area (Å²) in [6.07, 6.45) is 4.52. The summed E-state index contributed by atoms with van der Waals surface area (Å²) in [5, 5.41) is 2.73. The number of likely N-dealkylation sites (N-methyl/N-ethyl adjacent to an activating group) is 1. The van der Waals surface area contributed by atoms with Crippen LogP contribution in [-0.2, 0) is 6.54 Å². The van der Waals surface area contributed by atoms with E-state index in [2.05, 4.69) is 70.1 Å². The fraction of sp³-hybridized carbons (Fsp3) is 0.333. The van der Waals surface area contributed by atoms with E-state index in [0.29, 0.717) is 0 Å². The molecule has 3 nitrogen and oxygen atoms in total. The van der Waals surface area contributed by atoms with Crippen LogP contribution in [0.2, 0.25) is 0 Å². The van der Waals surface area contributed by atoms with Crippen LogP contribution in [0.15, 0.2) is 42.6 Å². The van der Waals surface area contributed by atoms with Crippen LogP contribution in [0.5, 0.6) is 0 Å². The molecule has 0 aliphatic carbocycles. The average molecular weight is 279 g/mol. The van der Waals surface area contributed by atoms with Gasteiger partial charge in [-0.1, -0.05) is 30.3 Å². The van der Waals surface area contributed by atoms with Gasteiger partial charge in [0, 0.05) is 44.1 Å². The van der Waals surface area contributed by atoms with Gasteiger partial charge in [0.1, 0.15) is 0 Å². The molecule has 0 spiro atoms. The number of aromatic nitrogens is 1. The molecule has 2 aliphatic rings. The van der Waals surface area contributed by atoms with Gasteiger partial charge < -0.3 is 14.4 Å². The summed E-state index contributed by atoms with van der Waals surface area (Å²) in [6.45, 7) is 5.43. The van der Waals surface area contributed by atoms with Crippen molar-refractivity contribution < 1.29 is 0 Å². The van der Waals surface area contributed by atoms with Crippen LogP contribution in [0, 0.1) is 0 Å². The molecule has 0 saturated carbocycles. The number of hydrogen-bond donors (Lipinski definition) is 0. The van der Waals surface area contributed by atoms with Gasteiger partial charge >= 0.3 is 0 Å². The molecular weight excluding hydrogens is 258 g/mol. The van der Waals surface area contributed by atoms with E-state index in [1.54, 1.807) is 0 Å². The lowest BCUT2D eigenvalue weighted by Crippen LogP contribution is -2.46. The fourth-order valence-corrected chi connectivity index (χ4v) is 3.38. The summed E-state index contributed by atoms with van der Waals surface area (Å²) in [5.74, 6) is 0. The van der Waals surface area contributed by atoms with Crippen LogP contribution in [0.4, 0.5) is 0 Å². The zero-order valence-electron chi connectivity index (χ0n) is 12.5. The van der Waals surface area contributed by atoms with E-state index >= 15 is 0 Å². The van der Waals surface area contributed by atoms with Gasteiger partial charge in [0.15, 0.2) is 0 Å². The van der Waals surface area contributed by atoms with E-state index in [0.717, 1.165) is 32.7 Å². The highest BCUT2D eigenvalue weighted by Crippen LogP contribution is 2.19. The van der Waals surface area contributed by atoms with Crippen molar-refractivity contribution in [1.29, 1.82) is 0 Å². The highest BCUT2D eigenvalue weighted by atomic mass is 15.3. The Balaban J connectivity index is 1.94. The first kappa shape index (κ1) is 12.7. The zero-order chi connectivity index (χ0) is 14.2. The van der Waals surface area contributed by atoms with Gasteiger partial charge in [0.25, 0.3) is 0 Å². The van der Waals surface area contributed by atoms with Crippen molar-refractivity contribution >= 4 is 11.8 Å². The number of hydrogen-bond acceptors (Lipinski definition) is 2. The Morgan fingerprint density at radius 3 is 2.57 bits per heavy atom. The second kappa shape index (κ2) is 5.08. The monoisotopic (exact) mass is 279 g/mol. The van der Waals surface area contributed by atoms with E-state index in [-0.39, 0.29) is 0 Å². The molecule has 3 heterocycles. The van der Waals surface area contributed by atoms with Crippen molar-refractivity contribution in [3.63, 3.8) is 0 Å². The molecule has 0 bridgehead atoms. The number of nitrogens with zero attached hydrogens (tertiary/aromatic N) is 3. The third-order valence-corrected chi connectivity index (χ3v) is 4.62. The predicted octanol–water partition coefficient (Wildman–Crippen LogP) is 0.686. The molecule has 0 N–H and O–H groups in total. The Morgan fingerprint density at radius 1 is 0.905 bits per heavy atom. The first-order valence-electron chi connectivity index (χ1n) is 7.71. The predicted molar refractivity (Wildman–Crippen MR) is 86.2 cm³/mol. The highest BCUT2D eigenvalue weighted by molar-refractivity contribution is 5.63. The van der Waals surface area contributed by atoms with Crippen molar-refractivity contribution in [1.82, 2.24) is 14.4 Å². The molecule has 3 heteroatoms. The Bertz CT molecular complexity index is 764. The summed E-state index contributed by atoms with van der Waals surface area (Å²) < 4.78 is 2.35. The molecule has 1 saturated heterocycles. The number of fused-ring (bicyclic) bond motifs is 2. The maximum Gasteiger partial charge on any atom is 0.0687 e. The number of benzene rings is 1. The maximum absolute atomic E-state index is 2.56. The molecule has 21 heavy (non-hydrogen) atoms.